The van der Waals surface area contributed by atoms with Gasteiger partial charge in [0.2, 0.25) is 0 Å². The first-order valence-electron chi connectivity index (χ1n) is 6.65. The summed E-state index contributed by atoms with van der Waals surface area (Å²) in [4.78, 5) is 2.52. The van der Waals surface area contributed by atoms with Crippen LogP contribution in [0.4, 0.5) is 0 Å². The van der Waals surface area contributed by atoms with Gasteiger partial charge in [0.15, 0.2) is 0 Å². The van der Waals surface area contributed by atoms with E-state index < -0.39 is 0 Å². The number of methoxy groups -OCH3 is 1. The van der Waals surface area contributed by atoms with Crippen molar-refractivity contribution in [1.29, 1.82) is 0 Å². The number of hydrazine groups is 1. The second-order valence-corrected chi connectivity index (χ2v) is 4.86. The molecular weight excluding hydrogens is 226 g/mol. The zero-order valence-electron chi connectivity index (χ0n) is 11.1. The van der Waals surface area contributed by atoms with Gasteiger partial charge in [-0.3, -0.25) is 16.2 Å². The normalized spacial score (nSPS) is 16.8. The molecule has 100 valence electrons. The van der Waals surface area contributed by atoms with Crippen LogP contribution in [0.25, 0.3) is 0 Å². The molecule has 18 heavy (non-hydrogen) atoms. The van der Waals surface area contributed by atoms with E-state index in [-0.39, 0.29) is 0 Å². The number of ether oxygens (including phenoxy) is 1. The maximum Gasteiger partial charge on any atom is 0.123 e. The molecule has 0 atom stereocenters. The molecule has 2 rings (SSSR count). The molecule has 0 spiro atoms. The van der Waals surface area contributed by atoms with E-state index in [1.807, 2.05) is 6.07 Å². The fourth-order valence-corrected chi connectivity index (χ4v) is 2.55. The number of nitrogens with two attached hydrogens (primary N) is 1. The van der Waals surface area contributed by atoms with Crippen molar-refractivity contribution in [3.05, 3.63) is 29.3 Å². The smallest absolute Gasteiger partial charge is 0.123 e. The van der Waals surface area contributed by atoms with Crippen LogP contribution in [0.5, 0.6) is 5.75 Å². The molecule has 0 amide bonds. The van der Waals surface area contributed by atoms with E-state index in [2.05, 4.69) is 22.5 Å². The molecule has 1 aliphatic heterocycles. The number of nitrogens with one attached hydrogen (secondary N) is 1. The van der Waals surface area contributed by atoms with E-state index in [4.69, 9.17) is 10.6 Å². The SMILES string of the molecule is COc1ccc(CN2CCCCC2)cc1CNN. The Labute approximate surface area is 109 Å². The molecule has 3 N–H and O–H groups in total. The summed E-state index contributed by atoms with van der Waals surface area (Å²) >= 11 is 0. The van der Waals surface area contributed by atoms with Gasteiger partial charge < -0.3 is 4.74 Å². The molecule has 1 heterocycles. The van der Waals surface area contributed by atoms with Crippen molar-refractivity contribution >= 4 is 0 Å². The van der Waals surface area contributed by atoms with Gasteiger partial charge in [-0.1, -0.05) is 12.5 Å². The highest BCUT2D eigenvalue weighted by atomic mass is 16.5. The van der Waals surface area contributed by atoms with Crippen molar-refractivity contribution in [3.63, 3.8) is 0 Å². The van der Waals surface area contributed by atoms with Gasteiger partial charge in [-0.2, -0.15) is 0 Å². The van der Waals surface area contributed by atoms with Crippen LogP contribution in [0.2, 0.25) is 0 Å². The summed E-state index contributed by atoms with van der Waals surface area (Å²) < 4.78 is 5.33. The predicted molar refractivity (Wildman–Crippen MR) is 73.1 cm³/mol. The summed E-state index contributed by atoms with van der Waals surface area (Å²) in [6, 6.07) is 6.37. The number of likely N-dealkylation sites (tertiary alicyclic amines) is 1. The zero-order valence-corrected chi connectivity index (χ0v) is 11.1. The van der Waals surface area contributed by atoms with Crippen molar-refractivity contribution < 1.29 is 4.74 Å². The van der Waals surface area contributed by atoms with Gasteiger partial charge in [-0.05, 0) is 43.6 Å². The van der Waals surface area contributed by atoms with Crippen LogP contribution in [-0.2, 0) is 13.1 Å². The van der Waals surface area contributed by atoms with Crippen molar-refractivity contribution in [2.45, 2.75) is 32.4 Å². The summed E-state index contributed by atoms with van der Waals surface area (Å²) in [7, 11) is 1.69. The third-order valence-electron chi connectivity index (χ3n) is 3.49. The van der Waals surface area contributed by atoms with Crippen LogP contribution in [0.3, 0.4) is 0 Å². The average Bonchev–Trinajstić information content (AvgIpc) is 2.41. The lowest BCUT2D eigenvalue weighted by molar-refractivity contribution is 0.221. The molecule has 4 heteroatoms. The standard InChI is InChI=1S/C14H23N3O/c1-18-14-6-5-12(9-13(14)10-16-15)11-17-7-3-2-4-8-17/h5-6,9,16H,2-4,7-8,10-11,15H2,1H3. The summed E-state index contributed by atoms with van der Waals surface area (Å²) in [5.41, 5.74) is 5.15. The molecule has 4 nitrogen and oxygen atoms in total. The Morgan fingerprint density at radius 1 is 1.28 bits per heavy atom. The van der Waals surface area contributed by atoms with Crippen LogP contribution in [0.1, 0.15) is 30.4 Å². The molecule has 1 aromatic rings. The molecule has 1 aliphatic rings. The molecule has 0 unspecified atom stereocenters. The van der Waals surface area contributed by atoms with Gasteiger partial charge in [0.05, 0.1) is 7.11 Å². The highest BCUT2D eigenvalue weighted by Gasteiger charge is 2.11. The minimum absolute atomic E-state index is 0.636. The minimum Gasteiger partial charge on any atom is -0.496 e. The third-order valence-corrected chi connectivity index (χ3v) is 3.49. The van der Waals surface area contributed by atoms with Crippen LogP contribution in [0.15, 0.2) is 18.2 Å². The molecule has 0 aromatic heterocycles. The lowest BCUT2D eigenvalue weighted by atomic mass is 10.1. The molecule has 0 aliphatic carbocycles. The molecule has 0 bridgehead atoms. The summed E-state index contributed by atoms with van der Waals surface area (Å²) in [6.07, 6.45) is 4.03. The van der Waals surface area contributed by atoms with Gasteiger partial charge in [0.1, 0.15) is 5.75 Å². The second kappa shape index (κ2) is 6.73. The maximum atomic E-state index is 5.40. The number of piperidine rings is 1. The van der Waals surface area contributed by atoms with Gasteiger partial charge in [-0.15, -0.1) is 0 Å². The van der Waals surface area contributed by atoms with Gasteiger partial charge in [0.25, 0.3) is 0 Å². The topological polar surface area (TPSA) is 50.5 Å². The van der Waals surface area contributed by atoms with Gasteiger partial charge >= 0.3 is 0 Å². The first-order chi connectivity index (χ1) is 8.83. The number of nitrogens with zero attached hydrogens (tertiary/aromatic N) is 1. The van der Waals surface area contributed by atoms with E-state index in [1.54, 1.807) is 7.11 Å². The van der Waals surface area contributed by atoms with E-state index >= 15 is 0 Å². The Morgan fingerprint density at radius 2 is 2.06 bits per heavy atom. The highest BCUT2D eigenvalue weighted by Crippen LogP contribution is 2.21. The van der Waals surface area contributed by atoms with Crippen molar-refractivity contribution in [1.82, 2.24) is 10.3 Å². The van der Waals surface area contributed by atoms with Crippen LogP contribution < -0.4 is 16.0 Å². The molecule has 1 saturated heterocycles. The molecule has 0 saturated carbocycles. The monoisotopic (exact) mass is 249 g/mol. The minimum atomic E-state index is 0.636. The van der Waals surface area contributed by atoms with Gasteiger partial charge in [-0.25, -0.2) is 0 Å². The number of hydrogen-bond acceptors (Lipinski definition) is 4. The summed E-state index contributed by atoms with van der Waals surface area (Å²) in [5.74, 6) is 6.30. The van der Waals surface area contributed by atoms with Crippen LogP contribution in [0, 0.1) is 0 Å². The van der Waals surface area contributed by atoms with E-state index in [1.165, 1.54) is 37.9 Å². The highest BCUT2D eigenvalue weighted by molar-refractivity contribution is 5.37. The first kappa shape index (κ1) is 13.3. The van der Waals surface area contributed by atoms with E-state index in [0.717, 1.165) is 17.9 Å². The molecule has 0 radical (unpaired) electrons. The van der Waals surface area contributed by atoms with E-state index in [9.17, 15) is 0 Å². The number of hydrogen-bond donors (Lipinski definition) is 2. The fourth-order valence-electron chi connectivity index (χ4n) is 2.55. The third kappa shape index (κ3) is 3.45. The van der Waals surface area contributed by atoms with Gasteiger partial charge in [0, 0.05) is 18.7 Å². The average molecular weight is 249 g/mol. The Hall–Kier alpha value is -1.10. The molecule has 1 fully saturated rings. The Kier molecular flexibility index (Phi) is 4.99. The Balaban J connectivity index is 2.05. The number of rotatable bonds is 5. The fraction of sp³-hybridized carbons (Fsp3) is 0.571. The summed E-state index contributed by atoms with van der Waals surface area (Å²) in [5, 5.41) is 0. The Bertz CT molecular complexity index is 375. The molecule has 1 aromatic carbocycles. The summed E-state index contributed by atoms with van der Waals surface area (Å²) in [6.45, 7) is 4.10. The Morgan fingerprint density at radius 3 is 2.72 bits per heavy atom. The van der Waals surface area contributed by atoms with Crippen LogP contribution >= 0.6 is 0 Å². The zero-order chi connectivity index (χ0) is 12.8. The van der Waals surface area contributed by atoms with Crippen molar-refractivity contribution in [2.24, 2.45) is 5.84 Å². The largest absolute Gasteiger partial charge is 0.496 e. The lowest BCUT2D eigenvalue weighted by Gasteiger charge is -2.26. The van der Waals surface area contributed by atoms with Crippen molar-refractivity contribution in [2.75, 3.05) is 20.2 Å². The molecular formula is C14H23N3O. The quantitative estimate of drug-likeness (QED) is 0.615. The van der Waals surface area contributed by atoms with E-state index in [0.29, 0.717) is 6.54 Å². The van der Waals surface area contributed by atoms with Crippen LogP contribution in [-0.4, -0.2) is 25.1 Å². The first-order valence-corrected chi connectivity index (χ1v) is 6.65. The predicted octanol–water partition coefficient (Wildman–Crippen LogP) is 1.64. The number of benzene rings is 1. The lowest BCUT2D eigenvalue weighted by Crippen LogP contribution is -2.29. The van der Waals surface area contributed by atoms with Crippen molar-refractivity contribution in [3.8, 4) is 5.75 Å². The second-order valence-electron chi connectivity index (χ2n) is 4.86. The maximum absolute atomic E-state index is 5.40.